The van der Waals surface area contributed by atoms with Crippen molar-refractivity contribution in [2.45, 2.75) is 26.2 Å². The van der Waals surface area contributed by atoms with Crippen LogP contribution >= 0.6 is 15.9 Å². The molecule has 0 amide bonds. The number of Topliss-reactive ketones (excluding diaryl/α,β-unsaturated/α-hetero) is 1. The lowest BCUT2D eigenvalue weighted by molar-refractivity contribution is -0.137. The van der Waals surface area contributed by atoms with Crippen LogP contribution in [0.5, 0.6) is 0 Å². The van der Waals surface area contributed by atoms with Crippen molar-refractivity contribution in [1.82, 2.24) is 0 Å². The molecule has 1 aromatic rings. The Hall–Kier alpha value is -0.630. The van der Waals surface area contributed by atoms with Crippen molar-refractivity contribution in [2.75, 3.05) is 0 Å². The van der Waals surface area contributed by atoms with Gasteiger partial charge in [0.15, 0.2) is 0 Å². The molecule has 0 radical (unpaired) electrons. The van der Waals surface area contributed by atoms with Crippen molar-refractivity contribution in [2.24, 2.45) is 5.41 Å². The number of rotatable bonds is 1. The van der Waals surface area contributed by atoms with E-state index in [-0.39, 0.29) is 5.41 Å². The summed E-state index contributed by atoms with van der Waals surface area (Å²) in [4.78, 5) is 11.4. The maximum Gasteiger partial charge on any atom is 0.139 e. The van der Waals surface area contributed by atoms with Gasteiger partial charge in [-0.1, -0.05) is 41.9 Å². The molecular formula is C12H13BrO. The zero-order chi connectivity index (χ0) is 10.3. The van der Waals surface area contributed by atoms with Gasteiger partial charge >= 0.3 is 0 Å². The summed E-state index contributed by atoms with van der Waals surface area (Å²) in [6, 6.07) is 8.27. The molecule has 2 rings (SSSR count). The Morgan fingerprint density at radius 1 is 1.29 bits per heavy atom. The molecule has 0 spiro atoms. The number of halogens is 1. The fraction of sp³-hybridized carbons (Fsp3) is 0.417. The van der Waals surface area contributed by atoms with Gasteiger partial charge < -0.3 is 0 Å². The quantitative estimate of drug-likeness (QED) is 0.748. The number of carbonyl (C=O) groups is 1. The van der Waals surface area contributed by atoms with Crippen LogP contribution in [0.4, 0.5) is 0 Å². The molecule has 1 aliphatic carbocycles. The first kappa shape index (κ1) is 9.91. The fourth-order valence-electron chi connectivity index (χ4n) is 2.00. The zero-order valence-corrected chi connectivity index (χ0v) is 9.97. The number of carbonyl (C=O) groups excluding carboxylic acids is 1. The Kier molecular flexibility index (Phi) is 2.26. The van der Waals surface area contributed by atoms with Crippen LogP contribution < -0.4 is 0 Å². The van der Waals surface area contributed by atoms with E-state index in [4.69, 9.17) is 0 Å². The molecule has 0 aliphatic heterocycles. The molecule has 1 nitrogen and oxygen atoms in total. The molecule has 74 valence electrons. The number of benzene rings is 1. The van der Waals surface area contributed by atoms with E-state index >= 15 is 0 Å². The van der Waals surface area contributed by atoms with Crippen LogP contribution in [0.25, 0.3) is 0 Å². The second kappa shape index (κ2) is 3.20. The molecule has 0 heterocycles. The van der Waals surface area contributed by atoms with Crippen LogP contribution in [0.1, 0.15) is 31.7 Å². The lowest BCUT2D eigenvalue weighted by atomic mass is 9.59. The first-order valence-corrected chi connectivity index (χ1v) is 5.60. The van der Waals surface area contributed by atoms with Crippen LogP contribution in [0.15, 0.2) is 28.7 Å². The molecule has 1 atom stereocenters. The van der Waals surface area contributed by atoms with E-state index in [1.54, 1.807) is 0 Å². The Morgan fingerprint density at radius 2 is 1.86 bits per heavy atom. The number of hydrogen-bond acceptors (Lipinski definition) is 1. The van der Waals surface area contributed by atoms with Crippen molar-refractivity contribution in [3.05, 3.63) is 34.3 Å². The highest BCUT2D eigenvalue weighted by Crippen LogP contribution is 2.49. The van der Waals surface area contributed by atoms with E-state index in [9.17, 15) is 4.79 Å². The highest BCUT2D eigenvalue weighted by Gasteiger charge is 2.47. The molecule has 1 fully saturated rings. The predicted octanol–water partition coefficient (Wildman–Crippen LogP) is 3.53. The summed E-state index contributed by atoms with van der Waals surface area (Å²) >= 11 is 3.41. The second-order valence-electron chi connectivity index (χ2n) is 4.45. The van der Waals surface area contributed by atoms with E-state index in [2.05, 4.69) is 28.1 Å². The molecule has 1 aromatic carbocycles. The van der Waals surface area contributed by atoms with Gasteiger partial charge in [0.2, 0.25) is 0 Å². The lowest BCUT2D eigenvalue weighted by Crippen LogP contribution is -2.43. The summed E-state index contributed by atoms with van der Waals surface area (Å²) in [5, 5.41) is 0. The minimum Gasteiger partial charge on any atom is -0.299 e. The average molecular weight is 253 g/mol. The van der Waals surface area contributed by atoms with E-state index in [1.807, 2.05) is 26.0 Å². The van der Waals surface area contributed by atoms with Gasteiger partial charge in [0.05, 0.1) is 0 Å². The summed E-state index contributed by atoms with van der Waals surface area (Å²) in [6.45, 7) is 4.07. The standard InChI is InChI=1S/C12H13BrO/c1-12(2)10(7-11(12)14)8-3-5-9(13)6-4-8/h3-6,10H,7H2,1-2H3/t10-/m1/s1. The third-order valence-electron chi connectivity index (χ3n) is 3.25. The molecule has 2 heteroatoms. The van der Waals surface area contributed by atoms with Crippen molar-refractivity contribution >= 4 is 21.7 Å². The maximum atomic E-state index is 11.4. The van der Waals surface area contributed by atoms with Crippen LogP contribution in [-0.4, -0.2) is 5.78 Å². The monoisotopic (exact) mass is 252 g/mol. The Morgan fingerprint density at radius 3 is 2.29 bits per heavy atom. The molecule has 1 aliphatic rings. The average Bonchev–Trinajstić information content (AvgIpc) is 2.16. The van der Waals surface area contributed by atoms with Gasteiger partial charge in [0.1, 0.15) is 5.78 Å². The minimum atomic E-state index is -0.159. The van der Waals surface area contributed by atoms with E-state index in [0.717, 1.165) is 4.47 Å². The summed E-state index contributed by atoms with van der Waals surface area (Å²) in [5.74, 6) is 0.786. The second-order valence-corrected chi connectivity index (χ2v) is 5.37. The van der Waals surface area contributed by atoms with Crippen molar-refractivity contribution in [1.29, 1.82) is 0 Å². The summed E-state index contributed by atoms with van der Waals surface area (Å²) in [6.07, 6.45) is 0.703. The van der Waals surface area contributed by atoms with Gasteiger partial charge in [-0.2, -0.15) is 0 Å². The molecule has 0 saturated heterocycles. The minimum absolute atomic E-state index is 0.159. The first-order valence-electron chi connectivity index (χ1n) is 4.80. The molecule has 0 aromatic heterocycles. The van der Waals surface area contributed by atoms with Crippen LogP contribution in [-0.2, 0) is 4.79 Å². The molecule has 0 N–H and O–H groups in total. The summed E-state index contributed by atoms with van der Waals surface area (Å²) < 4.78 is 1.09. The topological polar surface area (TPSA) is 17.1 Å². The molecule has 0 unspecified atom stereocenters. The fourth-order valence-corrected chi connectivity index (χ4v) is 2.26. The first-order chi connectivity index (χ1) is 6.51. The van der Waals surface area contributed by atoms with Gasteiger partial charge in [-0.15, -0.1) is 0 Å². The zero-order valence-electron chi connectivity index (χ0n) is 8.38. The summed E-state index contributed by atoms with van der Waals surface area (Å²) in [7, 11) is 0. The Bertz CT molecular complexity index is 364. The van der Waals surface area contributed by atoms with Gasteiger partial charge in [-0.05, 0) is 17.7 Å². The Labute approximate surface area is 92.6 Å². The van der Waals surface area contributed by atoms with Crippen molar-refractivity contribution in [3.8, 4) is 0 Å². The van der Waals surface area contributed by atoms with E-state index in [1.165, 1.54) is 5.56 Å². The van der Waals surface area contributed by atoms with Gasteiger partial charge in [0, 0.05) is 22.2 Å². The molecular weight excluding hydrogens is 240 g/mol. The predicted molar refractivity (Wildman–Crippen MR) is 60.3 cm³/mol. The van der Waals surface area contributed by atoms with Gasteiger partial charge in [0.25, 0.3) is 0 Å². The lowest BCUT2D eigenvalue weighted by Gasteiger charge is -2.42. The van der Waals surface area contributed by atoms with Gasteiger partial charge in [-0.25, -0.2) is 0 Å². The largest absolute Gasteiger partial charge is 0.299 e. The van der Waals surface area contributed by atoms with Crippen LogP contribution in [0.2, 0.25) is 0 Å². The number of ketones is 1. The van der Waals surface area contributed by atoms with Crippen LogP contribution in [0, 0.1) is 5.41 Å². The third-order valence-corrected chi connectivity index (χ3v) is 3.78. The smallest absolute Gasteiger partial charge is 0.139 e. The van der Waals surface area contributed by atoms with E-state index in [0.29, 0.717) is 18.1 Å². The highest BCUT2D eigenvalue weighted by atomic mass is 79.9. The third kappa shape index (κ3) is 1.42. The van der Waals surface area contributed by atoms with Gasteiger partial charge in [-0.3, -0.25) is 4.79 Å². The highest BCUT2D eigenvalue weighted by molar-refractivity contribution is 9.10. The maximum absolute atomic E-state index is 11.4. The molecule has 0 bridgehead atoms. The van der Waals surface area contributed by atoms with Crippen LogP contribution in [0.3, 0.4) is 0 Å². The van der Waals surface area contributed by atoms with Crippen molar-refractivity contribution < 1.29 is 4.79 Å². The summed E-state index contributed by atoms with van der Waals surface area (Å²) in [5.41, 5.74) is 1.12. The van der Waals surface area contributed by atoms with E-state index < -0.39 is 0 Å². The SMILES string of the molecule is CC1(C)C(=O)C[C@@H]1c1ccc(Br)cc1. The van der Waals surface area contributed by atoms with Crippen molar-refractivity contribution in [3.63, 3.8) is 0 Å². The molecule has 14 heavy (non-hydrogen) atoms. The Balaban J connectivity index is 2.26. The normalized spacial score (nSPS) is 24.5. The molecule has 1 saturated carbocycles. The number of hydrogen-bond donors (Lipinski definition) is 0.